The number of carbonyl (C=O) groups is 1. The maximum absolute atomic E-state index is 13.2. The van der Waals surface area contributed by atoms with Gasteiger partial charge in [-0.25, -0.2) is 0 Å². The van der Waals surface area contributed by atoms with Gasteiger partial charge in [0.15, 0.2) is 5.75 Å². The van der Waals surface area contributed by atoms with E-state index in [9.17, 15) is 28.1 Å². The molecule has 0 aliphatic rings. The molecule has 0 fully saturated rings. The summed E-state index contributed by atoms with van der Waals surface area (Å²) in [5.74, 6) is -0.392. The van der Waals surface area contributed by atoms with Gasteiger partial charge < -0.3 is 10.1 Å². The summed E-state index contributed by atoms with van der Waals surface area (Å²) in [4.78, 5) is 23.1. The third-order valence-corrected chi connectivity index (χ3v) is 4.97. The van der Waals surface area contributed by atoms with E-state index in [0.717, 1.165) is 27.4 Å². The number of aryl methyl sites for hydroxylation is 1. The molecule has 8 nitrogen and oxygen atoms in total. The van der Waals surface area contributed by atoms with Gasteiger partial charge in [-0.3, -0.25) is 19.6 Å². The molecule has 0 radical (unpaired) electrons. The lowest BCUT2D eigenvalue weighted by Gasteiger charge is -2.15. The topological polar surface area (TPSA) is 99.3 Å². The van der Waals surface area contributed by atoms with Crippen LogP contribution in [0.5, 0.6) is 11.5 Å². The highest BCUT2D eigenvalue weighted by molar-refractivity contribution is 9.10. The summed E-state index contributed by atoms with van der Waals surface area (Å²) in [6.07, 6.45) is -4.63. The minimum Gasteiger partial charge on any atom is -0.455 e. The van der Waals surface area contributed by atoms with Gasteiger partial charge in [0.25, 0.3) is 0 Å². The van der Waals surface area contributed by atoms with E-state index in [1.807, 2.05) is 0 Å². The third-order valence-electron chi connectivity index (χ3n) is 4.44. The molecule has 1 aromatic heterocycles. The van der Waals surface area contributed by atoms with Crippen molar-refractivity contribution in [2.75, 3.05) is 5.32 Å². The third kappa shape index (κ3) is 5.25. The number of nitro groups is 1. The summed E-state index contributed by atoms with van der Waals surface area (Å²) in [6.45, 7) is 2.42. The number of carbonyl (C=O) groups excluding carboxylic acids is 1. The van der Waals surface area contributed by atoms with E-state index in [2.05, 4.69) is 26.3 Å². The molecule has 32 heavy (non-hydrogen) atoms. The summed E-state index contributed by atoms with van der Waals surface area (Å²) in [6, 6.07) is 9.28. The summed E-state index contributed by atoms with van der Waals surface area (Å²) >= 11 is 3.27. The van der Waals surface area contributed by atoms with Crippen LogP contribution >= 0.6 is 15.9 Å². The molecule has 0 saturated carbocycles. The Balaban J connectivity index is 1.89. The van der Waals surface area contributed by atoms with Crippen molar-refractivity contribution in [2.45, 2.75) is 26.6 Å². The summed E-state index contributed by atoms with van der Waals surface area (Å²) in [5, 5.41) is 17.5. The molecule has 0 aliphatic heterocycles. The van der Waals surface area contributed by atoms with E-state index < -0.39 is 29.1 Å². The maximum atomic E-state index is 13.2. The second-order valence-electron chi connectivity index (χ2n) is 6.75. The van der Waals surface area contributed by atoms with E-state index >= 15 is 0 Å². The molecule has 168 valence electrons. The molecule has 0 unspecified atom stereocenters. The molecule has 1 heterocycles. The van der Waals surface area contributed by atoms with E-state index in [4.69, 9.17) is 4.74 Å². The largest absolute Gasteiger partial charge is 0.455 e. The van der Waals surface area contributed by atoms with Crippen molar-refractivity contribution in [3.8, 4) is 11.5 Å². The number of nitrogens with zero attached hydrogens (tertiary/aromatic N) is 3. The smallest absolute Gasteiger partial charge is 0.416 e. The van der Waals surface area contributed by atoms with Crippen LogP contribution in [0.2, 0.25) is 0 Å². The average molecular weight is 513 g/mol. The number of amides is 1. The predicted octanol–water partition coefficient (Wildman–Crippen LogP) is 5.62. The zero-order chi connectivity index (χ0) is 23.6. The van der Waals surface area contributed by atoms with Gasteiger partial charge in [0.1, 0.15) is 23.7 Å². The SMILES string of the molecule is Cc1nn(CC(=O)Nc2cc(C(F)(F)F)ccc2Oc2ccc(Br)cc2)c(C)c1[N+](=O)[O-]. The van der Waals surface area contributed by atoms with Gasteiger partial charge in [0, 0.05) is 4.47 Å². The van der Waals surface area contributed by atoms with Crippen LogP contribution < -0.4 is 10.1 Å². The first-order valence-electron chi connectivity index (χ1n) is 9.08. The van der Waals surface area contributed by atoms with Crippen LogP contribution in [0.25, 0.3) is 0 Å². The Kier molecular flexibility index (Phi) is 6.53. The molecule has 12 heteroatoms. The average Bonchev–Trinajstić information content (AvgIpc) is 2.97. The number of hydrogen-bond acceptors (Lipinski definition) is 5. The number of benzene rings is 2. The molecule has 1 amide bonds. The van der Waals surface area contributed by atoms with Crippen LogP contribution in [0, 0.1) is 24.0 Å². The molecule has 1 N–H and O–H groups in total. The Bertz CT molecular complexity index is 1180. The van der Waals surface area contributed by atoms with E-state index in [-0.39, 0.29) is 28.5 Å². The number of aromatic nitrogens is 2. The monoisotopic (exact) mass is 512 g/mol. The standard InChI is InChI=1S/C20H16BrF3N4O4/c1-11-19(28(30)31)12(2)27(26-11)10-18(29)25-16-9-13(20(22,23)24)3-8-17(16)32-15-6-4-14(21)5-7-15/h3-9H,10H2,1-2H3,(H,25,29). The second-order valence-corrected chi connectivity index (χ2v) is 7.66. The van der Waals surface area contributed by atoms with Crippen LogP contribution in [0.4, 0.5) is 24.5 Å². The predicted molar refractivity (Wildman–Crippen MR) is 113 cm³/mol. The van der Waals surface area contributed by atoms with Crippen molar-refractivity contribution >= 4 is 33.2 Å². The lowest BCUT2D eigenvalue weighted by Crippen LogP contribution is -2.21. The molecular formula is C20H16BrF3N4O4. The summed E-state index contributed by atoms with van der Waals surface area (Å²) in [5.41, 5.74) is -1.13. The van der Waals surface area contributed by atoms with Gasteiger partial charge >= 0.3 is 11.9 Å². The van der Waals surface area contributed by atoms with Gasteiger partial charge in [0.05, 0.1) is 16.2 Å². The Morgan fingerprint density at radius 3 is 2.44 bits per heavy atom. The lowest BCUT2D eigenvalue weighted by molar-refractivity contribution is -0.386. The normalized spacial score (nSPS) is 11.3. The molecule has 0 saturated heterocycles. The Morgan fingerprint density at radius 2 is 1.88 bits per heavy atom. The van der Waals surface area contributed by atoms with Gasteiger partial charge in [-0.15, -0.1) is 0 Å². The molecule has 0 atom stereocenters. The number of anilines is 1. The molecular weight excluding hydrogens is 497 g/mol. The van der Waals surface area contributed by atoms with Gasteiger partial charge in [-0.05, 0) is 56.3 Å². The van der Waals surface area contributed by atoms with Gasteiger partial charge in [-0.2, -0.15) is 18.3 Å². The summed E-state index contributed by atoms with van der Waals surface area (Å²) in [7, 11) is 0. The quantitative estimate of drug-likeness (QED) is 0.341. The molecule has 0 aliphatic carbocycles. The van der Waals surface area contributed by atoms with Crippen molar-refractivity contribution < 1.29 is 27.6 Å². The molecule has 2 aromatic carbocycles. The number of alkyl halides is 3. The highest BCUT2D eigenvalue weighted by Gasteiger charge is 2.31. The van der Waals surface area contributed by atoms with Gasteiger partial charge in [-0.1, -0.05) is 15.9 Å². The zero-order valence-corrected chi connectivity index (χ0v) is 18.3. The fourth-order valence-electron chi connectivity index (χ4n) is 2.95. The second kappa shape index (κ2) is 8.99. The van der Waals surface area contributed by atoms with E-state index in [0.29, 0.717) is 5.75 Å². The highest BCUT2D eigenvalue weighted by Crippen LogP contribution is 2.37. The molecule has 3 aromatic rings. The van der Waals surface area contributed by atoms with Crippen LogP contribution in [0.1, 0.15) is 17.0 Å². The van der Waals surface area contributed by atoms with Crippen molar-refractivity contribution in [1.82, 2.24) is 9.78 Å². The Hall–Kier alpha value is -3.41. The van der Waals surface area contributed by atoms with Crippen molar-refractivity contribution in [3.63, 3.8) is 0 Å². The van der Waals surface area contributed by atoms with Crippen LogP contribution in [0.3, 0.4) is 0 Å². The first-order valence-corrected chi connectivity index (χ1v) is 9.88. The Morgan fingerprint density at radius 1 is 1.22 bits per heavy atom. The maximum Gasteiger partial charge on any atom is 0.416 e. The number of rotatable bonds is 6. The van der Waals surface area contributed by atoms with Crippen LogP contribution in [0.15, 0.2) is 46.9 Å². The van der Waals surface area contributed by atoms with Crippen LogP contribution in [-0.2, 0) is 17.5 Å². The highest BCUT2D eigenvalue weighted by atomic mass is 79.9. The van der Waals surface area contributed by atoms with Crippen molar-refractivity contribution in [1.29, 1.82) is 0 Å². The Labute approximate surface area is 188 Å². The molecule has 3 rings (SSSR count). The minimum atomic E-state index is -4.63. The van der Waals surface area contributed by atoms with Gasteiger partial charge in [0.2, 0.25) is 5.91 Å². The number of hydrogen-bond donors (Lipinski definition) is 1. The van der Waals surface area contributed by atoms with Crippen molar-refractivity contribution in [3.05, 3.63) is 74.0 Å². The molecule has 0 bridgehead atoms. The number of nitrogens with one attached hydrogen (secondary N) is 1. The fourth-order valence-corrected chi connectivity index (χ4v) is 3.22. The summed E-state index contributed by atoms with van der Waals surface area (Å²) < 4.78 is 47.1. The van der Waals surface area contributed by atoms with E-state index in [1.54, 1.807) is 24.3 Å². The first-order chi connectivity index (χ1) is 15.0. The number of ether oxygens (including phenoxy) is 1. The fraction of sp³-hybridized carbons (Fsp3) is 0.200. The zero-order valence-electron chi connectivity index (χ0n) is 16.7. The first kappa shape index (κ1) is 23.3. The lowest BCUT2D eigenvalue weighted by atomic mass is 10.1. The van der Waals surface area contributed by atoms with Crippen LogP contribution in [-0.4, -0.2) is 20.6 Å². The molecule has 0 spiro atoms. The minimum absolute atomic E-state index is 0.00646. The van der Waals surface area contributed by atoms with E-state index in [1.165, 1.54) is 13.8 Å². The number of halogens is 4. The van der Waals surface area contributed by atoms with Crippen molar-refractivity contribution in [2.24, 2.45) is 0 Å².